The zero-order valence-corrected chi connectivity index (χ0v) is 9.83. The maximum absolute atomic E-state index is 11.2. The second kappa shape index (κ2) is 3.66. The van der Waals surface area contributed by atoms with Gasteiger partial charge in [-0.3, -0.25) is 4.79 Å². The van der Waals surface area contributed by atoms with Gasteiger partial charge in [0.15, 0.2) is 5.76 Å². The molecule has 18 heavy (non-hydrogen) atoms. The highest BCUT2D eigenvalue weighted by atomic mass is 16.4. The van der Waals surface area contributed by atoms with Crippen LogP contribution in [0.3, 0.4) is 0 Å². The summed E-state index contributed by atoms with van der Waals surface area (Å²) in [5.41, 5.74) is 0.219. The molecule has 1 N–H and O–H groups in total. The van der Waals surface area contributed by atoms with Crippen LogP contribution >= 0.6 is 0 Å². The summed E-state index contributed by atoms with van der Waals surface area (Å²) in [7, 11) is 0. The van der Waals surface area contributed by atoms with Gasteiger partial charge in [-0.05, 0) is 41.8 Å². The lowest BCUT2D eigenvalue weighted by Crippen LogP contribution is -2.22. The number of carboxylic acids is 1. The molecule has 7 heteroatoms. The molecule has 0 aromatic carbocycles. The molecular weight excluding hydrogens is 236 g/mol. The van der Waals surface area contributed by atoms with Crippen LogP contribution in [-0.4, -0.2) is 31.3 Å². The number of aliphatic carboxylic acids is 1. The molecule has 2 aromatic heterocycles. The molecule has 0 saturated heterocycles. The Balaban J connectivity index is 1.94. The number of rotatable bonds is 4. The van der Waals surface area contributed by atoms with Crippen molar-refractivity contribution in [2.24, 2.45) is 5.41 Å². The molecular formula is C11H12N4O3. The molecule has 1 fully saturated rings. The zero-order valence-electron chi connectivity index (χ0n) is 9.83. The number of hydrogen-bond donors (Lipinski definition) is 1. The second-order valence-corrected chi connectivity index (χ2v) is 4.68. The van der Waals surface area contributed by atoms with E-state index < -0.39 is 11.4 Å². The van der Waals surface area contributed by atoms with Gasteiger partial charge in [0.05, 0.1) is 18.2 Å². The quantitative estimate of drug-likeness (QED) is 0.870. The Kier molecular flexibility index (Phi) is 2.22. The Hall–Kier alpha value is -2.18. The summed E-state index contributed by atoms with van der Waals surface area (Å²) in [6.45, 7) is 2.17. The molecule has 2 aromatic rings. The van der Waals surface area contributed by atoms with Crippen molar-refractivity contribution in [1.29, 1.82) is 0 Å². The van der Waals surface area contributed by atoms with Gasteiger partial charge in [-0.1, -0.05) is 0 Å². The smallest absolute Gasteiger partial charge is 0.311 e. The maximum Gasteiger partial charge on any atom is 0.311 e. The first kappa shape index (κ1) is 10.9. The van der Waals surface area contributed by atoms with Crippen molar-refractivity contribution < 1.29 is 14.3 Å². The van der Waals surface area contributed by atoms with Crippen molar-refractivity contribution in [3.05, 3.63) is 17.9 Å². The monoisotopic (exact) mass is 248 g/mol. The minimum absolute atomic E-state index is 0.283. The highest BCUT2D eigenvalue weighted by Gasteiger charge is 2.51. The lowest BCUT2D eigenvalue weighted by molar-refractivity contribution is -0.144. The molecule has 94 valence electrons. The molecule has 0 bridgehead atoms. The third kappa shape index (κ3) is 1.59. The Morgan fingerprint density at radius 1 is 1.61 bits per heavy atom. The van der Waals surface area contributed by atoms with Crippen molar-refractivity contribution in [3.8, 4) is 11.6 Å². The lowest BCUT2D eigenvalue weighted by atomic mass is 10.1. The largest absolute Gasteiger partial charge is 0.481 e. The molecule has 0 aliphatic heterocycles. The Morgan fingerprint density at radius 3 is 2.94 bits per heavy atom. The Bertz CT molecular complexity index is 597. The van der Waals surface area contributed by atoms with E-state index in [-0.39, 0.29) is 6.54 Å². The van der Waals surface area contributed by atoms with Crippen LogP contribution in [0.2, 0.25) is 0 Å². The van der Waals surface area contributed by atoms with E-state index >= 15 is 0 Å². The summed E-state index contributed by atoms with van der Waals surface area (Å²) < 4.78 is 6.84. The molecule has 2 heterocycles. The summed E-state index contributed by atoms with van der Waals surface area (Å²) in [6, 6.07) is 1.82. The van der Waals surface area contributed by atoms with Gasteiger partial charge in [0.25, 0.3) is 0 Å². The molecule has 0 amide bonds. The average Bonchev–Trinajstić information content (AvgIpc) is 2.77. The van der Waals surface area contributed by atoms with Crippen LogP contribution in [0.5, 0.6) is 0 Å². The van der Waals surface area contributed by atoms with Crippen molar-refractivity contribution >= 4 is 5.97 Å². The molecule has 1 aliphatic carbocycles. The second-order valence-electron chi connectivity index (χ2n) is 4.68. The van der Waals surface area contributed by atoms with Gasteiger partial charge >= 0.3 is 5.97 Å². The Morgan fingerprint density at radius 2 is 2.39 bits per heavy atom. The van der Waals surface area contributed by atoms with Crippen molar-refractivity contribution in [1.82, 2.24) is 20.2 Å². The van der Waals surface area contributed by atoms with Crippen LogP contribution in [-0.2, 0) is 11.3 Å². The number of carbonyl (C=O) groups is 1. The highest BCUT2D eigenvalue weighted by Crippen LogP contribution is 2.47. The zero-order chi connectivity index (χ0) is 12.8. The van der Waals surface area contributed by atoms with Crippen molar-refractivity contribution in [2.45, 2.75) is 26.3 Å². The van der Waals surface area contributed by atoms with Crippen molar-refractivity contribution in [3.63, 3.8) is 0 Å². The fourth-order valence-corrected chi connectivity index (χ4v) is 1.95. The number of tetrazole rings is 1. The third-order valence-corrected chi connectivity index (χ3v) is 3.36. The predicted octanol–water partition coefficient (Wildman–Crippen LogP) is 1.11. The molecule has 0 radical (unpaired) electrons. The van der Waals surface area contributed by atoms with E-state index in [2.05, 4.69) is 15.5 Å². The standard InChI is InChI=1S/C11H12N4O3/c1-7-2-5-18-8(7)9-12-13-14-15(9)6-11(3-4-11)10(16)17/h2,5H,3-4,6H2,1H3,(H,16,17). The number of carboxylic acid groups (broad SMARTS) is 1. The molecule has 0 atom stereocenters. The maximum atomic E-state index is 11.2. The van der Waals surface area contributed by atoms with E-state index in [1.165, 1.54) is 4.68 Å². The van der Waals surface area contributed by atoms with E-state index in [0.717, 1.165) is 5.56 Å². The first-order valence-corrected chi connectivity index (χ1v) is 5.66. The summed E-state index contributed by atoms with van der Waals surface area (Å²) in [5.74, 6) is 0.270. The van der Waals surface area contributed by atoms with E-state index in [1.807, 2.05) is 13.0 Å². The predicted molar refractivity (Wildman–Crippen MR) is 59.6 cm³/mol. The lowest BCUT2D eigenvalue weighted by Gasteiger charge is -2.09. The highest BCUT2D eigenvalue weighted by molar-refractivity contribution is 5.77. The summed E-state index contributed by atoms with van der Waals surface area (Å²) in [5, 5.41) is 20.5. The molecule has 1 saturated carbocycles. The Labute approximate surface area is 102 Å². The number of nitrogens with zero attached hydrogens (tertiary/aromatic N) is 4. The molecule has 3 rings (SSSR count). The normalized spacial score (nSPS) is 16.7. The third-order valence-electron chi connectivity index (χ3n) is 3.36. The van der Waals surface area contributed by atoms with Crippen LogP contribution in [0.15, 0.2) is 16.7 Å². The minimum Gasteiger partial charge on any atom is -0.481 e. The first-order chi connectivity index (χ1) is 8.62. The van der Waals surface area contributed by atoms with Crippen LogP contribution < -0.4 is 0 Å². The van der Waals surface area contributed by atoms with Gasteiger partial charge in [0, 0.05) is 0 Å². The first-order valence-electron chi connectivity index (χ1n) is 5.66. The van der Waals surface area contributed by atoms with Crippen LogP contribution in [0.25, 0.3) is 11.6 Å². The number of aromatic nitrogens is 4. The molecule has 0 unspecified atom stereocenters. The average molecular weight is 248 g/mol. The summed E-state index contributed by atoms with van der Waals surface area (Å²) in [4.78, 5) is 11.2. The molecule has 0 spiro atoms. The van der Waals surface area contributed by atoms with Crippen LogP contribution in [0.1, 0.15) is 18.4 Å². The van der Waals surface area contributed by atoms with Gasteiger partial charge in [-0.15, -0.1) is 5.10 Å². The van der Waals surface area contributed by atoms with Gasteiger partial charge in [-0.2, -0.15) is 0 Å². The van der Waals surface area contributed by atoms with E-state index in [1.54, 1.807) is 6.26 Å². The van der Waals surface area contributed by atoms with Crippen molar-refractivity contribution in [2.75, 3.05) is 0 Å². The summed E-state index contributed by atoms with van der Waals surface area (Å²) in [6.07, 6.45) is 2.89. The molecule has 1 aliphatic rings. The topological polar surface area (TPSA) is 94.0 Å². The van der Waals surface area contributed by atoms with Gasteiger partial charge in [0.2, 0.25) is 5.82 Å². The van der Waals surface area contributed by atoms with E-state index in [4.69, 9.17) is 4.42 Å². The van der Waals surface area contributed by atoms with E-state index in [0.29, 0.717) is 24.4 Å². The van der Waals surface area contributed by atoms with Gasteiger partial charge < -0.3 is 9.52 Å². The number of aryl methyl sites for hydroxylation is 1. The minimum atomic E-state index is -0.792. The van der Waals surface area contributed by atoms with Crippen LogP contribution in [0, 0.1) is 12.3 Å². The number of hydrogen-bond acceptors (Lipinski definition) is 5. The number of furan rings is 1. The van der Waals surface area contributed by atoms with Gasteiger partial charge in [-0.25, -0.2) is 4.68 Å². The van der Waals surface area contributed by atoms with E-state index in [9.17, 15) is 9.90 Å². The van der Waals surface area contributed by atoms with Gasteiger partial charge in [0.1, 0.15) is 0 Å². The SMILES string of the molecule is Cc1ccoc1-c1nnnn1CC1(C(=O)O)CC1. The fraction of sp³-hybridized carbons (Fsp3) is 0.455. The summed E-state index contributed by atoms with van der Waals surface area (Å²) >= 11 is 0. The molecule has 7 nitrogen and oxygen atoms in total. The fourth-order valence-electron chi connectivity index (χ4n) is 1.95. The van der Waals surface area contributed by atoms with Crippen LogP contribution in [0.4, 0.5) is 0 Å².